The summed E-state index contributed by atoms with van der Waals surface area (Å²) in [6.07, 6.45) is 3.93. The number of nitrogens with one attached hydrogen (secondary N) is 1. The van der Waals surface area contributed by atoms with E-state index in [1.807, 2.05) is 12.4 Å². The summed E-state index contributed by atoms with van der Waals surface area (Å²) < 4.78 is 0. The van der Waals surface area contributed by atoms with Crippen LogP contribution in [0.1, 0.15) is 13.8 Å². The highest BCUT2D eigenvalue weighted by molar-refractivity contribution is 5.93. The number of fused-ring (bicyclic) bond motifs is 1. The van der Waals surface area contributed by atoms with E-state index in [4.69, 9.17) is 0 Å². The predicted octanol–water partition coefficient (Wildman–Crippen LogP) is 2.42. The van der Waals surface area contributed by atoms with Crippen LogP contribution < -0.4 is 10.2 Å². The number of aromatic nitrogens is 1. The molecule has 0 radical (unpaired) electrons. The highest BCUT2D eigenvalue weighted by Crippen LogP contribution is 2.26. The van der Waals surface area contributed by atoms with Crippen LogP contribution in [-0.4, -0.2) is 30.2 Å². The first-order chi connectivity index (χ1) is 8.74. The Bertz CT molecular complexity index is 537. The lowest BCUT2D eigenvalue weighted by molar-refractivity contribution is 0.407. The van der Waals surface area contributed by atoms with Crippen LogP contribution in [0.2, 0.25) is 0 Å². The van der Waals surface area contributed by atoms with Crippen LogP contribution in [0.5, 0.6) is 0 Å². The van der Waals surface area contributed by atoms with Gasteiger partial charge in [-0.15, -0.1) is 0 Å². The van der Waals surface area contributed by atoms with Crippen LogP contribution >= 0.6 is 0 Å². The molecule has 1 fully saturated rings. The van der Waals surface area contributed by atoms with Gasteiger partial charge in [0.2, 0.25) is 0 Å². The summed E-state index contributed by atoms with van der Waals surface area (Å²) in [4.78, 5) is 6.82. The Hall–Kier alpha value is -1.61. The second-order valence-electron chi connectivity index (χ2n) is 5.25. The number of hydrogen-bond acceptors (Lipinski definition) is 3. The van der Waals surface area contributed by atoms with Gasteiger partial charge in [-0.3, -0.25) is 4.98 Å². The number of piperazine rings is 1. The molecule has 0 bridgehead atoms. The minimum atomic E-state index is 0.521. The zero-order chi connectivity index (χ0) is 12.5. The third kappa shape index (κ3) is 2.06. The maximum atomic E-state index is 4.38. The molecule has 0 amide bonds. The summed E-state index contributed by atoms with van der Waals surface area (Å²) >= 11 is 0. The average molecular weight is 241 g/mol. The summed E-state index contributed by atoms with van der Waals surface area (Å²) in [6, 6.07) is 9.52. The Morgan fingerprint density at radius 2 is 1.83 bits per heavy atom. The van der Waals surface area contributed by atoms with Gasteiger partial charge in [-0.1, -0.05) is 24.3 Å². The van der Waals surface area contributed by atoms with Crippen LogP contribution in [0.25, 0.3) is 10.8 Å². The zero-order valence-electron chi connectivity index (χ0n) is 10.9. The van der Waals surface area contributed by atoms with Crippen molar-refractivity contribution in [3.8, 4) is 0 Å². The van der Waals surface area contributed by atoms with Crippen molar-refractivity contribution in [3.63, 3.8) is 0 Å². The van der Waals surface area contributed by atoms with Gasteiger partial charge < -0.3 is 10.2 Å². The molecule has 2 atom stereocenters. The van der Waals surface area contributed by atoms with E-state index in [9.17, 15) is 0 Å². The number of anilines is 1. The van der Waals surface area contributed by atoms with Gasteiger partial charge >= 0.3 is 0 Å². The molecule has 3 rings (SSSR count). The largest absolute Gasteiger partial charge is 0.367 e. The lowest BCUT2D eigenvalue weighted by Crippen LogP contribution is -2.54. The van der Waals surface area contributed by atoms with E-state index in [-0.39, 0.29) is 0 Å². The molecule has 3 nitrogen and oxygen atoms in total. The van der Waals surface area contributed by atoms with Crippen molar-refractivity contribution in [2.24, 2.45) is 0 Å². The average Bonchev–Trinajstić information content (AvgIpc) is 2.37. The molecule has 1 aliphatic rings. The fourth-order valence-electron chi connectivity index (χ4n) is 2.88. The smallest absolute Gasteiger partial charge is 0.0633 e. The summed E-state index contributed by atoms with van der Waals surface area (Å²) in [5.41, 5.74) is 1.26. The fraction of sp³-hybridized carbons (Fsp3) is 0.400. The molecular formula is C15H19N3. The molecule has 1 aromatic heterocycles. The maximum Gasteiger partial charge on any atom is 0.0633 e. The van der Waals surface area contributed by atoms with Crippen LogP contribution in [-0.2, 0) is 0 Å². The number of benzene rings is 1. The minimum Gasteiger partial charge on any atom is -0.367 e. The van der Waals surface area contributed by atoms with Gasteiger partial charge in [-0.05, 0) is 13.8 Å². The van der Waals surface area contributed by atoms with E-state index in [1.54, 1.807) is 0 Å². The fourth-order valence-corrected chi connectivity index (χ4v) is 2.88. The standard InChI is InChI=1S/C15H19N3/c1-11-9-18(10-12(2)17-11)15-8-16-7-13-5-3-4-6-14(13)15/h3-8,11-12,17H,9-10H2,1-2H3. The maximum absolute atomic E-state index is 4.38. The van der Waals surface area contributed by atoms with Crippen LogP contribution in [0.15, 0.2) is 36.7 Å². The quantitative estimate of drug-likeness (QED) is 0.831. The zero-order valence-corrected chi connectivity index (χ0v) is 10.9. The van der Waals surface area contributed by atoms with E-state index >= 15 is 0 Å². The first kappa shape index (κ1) is 11.5. The van der Waals surface area contributed by atoms with Gasteiger partial charge in [0.15, 0.2) is 0 Å². The van der Waals surface area contributed by atoms with Crippen LogP contribution in [0.4, 0.5) is 5.69 Å². The van der Waals surface area contributed by atoms with Crippen molar-refractivity contribution in [1.29, 1.82) is 0 Å². The van der Waals surface area contributed by atoms with Crippen molar-refractivity contribution in [3.05, 3.63) is 36.7 Å². The Morgan fingerprint density at radius 1 is 1.11 bits per heavy atom. The number of hydrogen-bond donors (Lipinski definition) is 1. The van der Waals surface area contributed by atoms with E-state index in [1.165, 1.54) is 16.5 Å². The molecule has 0 saturated carbocycles. The first-order valence-corrected chi connectivity index (χ1v) is 6.58. The van der Waals surface area contributed by atoms with E-state index in [2.05, 4.69) is 53.3 Å². The molecule has 1 N–H and O–H groups in total. The molecule has 1 aliphatic heterocycles. The van der Waals surface area contributed by atoms with Crippen LogP contribution in [0.3, 0.4) is 0 Å². The minimum absolute atomic E-state index is 0.521. The van der Waals surface area contributed by atoms with Crippen LogP contribution in [0, 0.1) is 0 Å². The summed E-state index contributed by atoms with van der Waals surface area (Å²) in [5, 5.41) is 6.08. The van der Waals surface area contributed by atoms with E-state index < -0.39 is 0 Å². The normalized spacial score (nSPS) is 24.4. The monoisotopic (exact) mass is 241 g/mol. The van der Waals surface area contributed by atoms with Gasteiger partial charge in [-0.2, -0.15) is 0 Å². The Labute approximate surface area is 108 Å². The highest BCUT2D eigenvalue weighted by atomic mass is 15.2. The third-order valence-electron chi connectivity index (χ3n) is 3.55. The molecule has 2 aromatic rings. The molecule has 0 aliphatic carbocycles. The summed E-state index contributed by atoms with van der Waals surface area (Å²) in [5.74, 6) is 0. The summed E-state index contributed by atoms with van der Waals surface area (Å²) in [7, 11) is 0. The first-order valence-electron chi connectivity index (χ1n) is 6.58. The number of nitrogens with zero attached hydrogens (tertiary/aromatic N) is 2. The van der Waals surface area contributed by atoms with Crippen molar-refractivity contribution < 1.29 is 0 Å². The molecule has 3 heteroatoms. The predicted molar refractivity (Wildman–Crippen MR) is 76.0 cm³/mol. The van der Waals surface area contributed by atoms with Gasteiger partial charge in [0.1, 0.15) is 0 Å². The van der Waals surface area contributed by atoms with Crippen molar-refractivity contribution in [2.75, 3.05) is 18.0 Å². The van der Waals surface area contributed by atoms with Gasteiger partial charge in [-0.25, -0.2) is 0 Å². The lowest BCUT2D eigenvalue weighted by atomic mass is 10.1. The third-order valence-corrected chi connectivity index (χ3v) is 3.55. The van der Waals surface area contributed by atoms with Gasteiger partial charge in [0.05, 0.1) is 11.9 Å². The van der Waals surface area contributed by atoms with E-state index in [0.717, 1.165) is 13.1 Å². The van der Waals surface area contributed by atoms with Crippen molar-refractivity contribution in [2.45, 2.75) is 25.9 Å². The summed E-state index contributed by atoms with van der Waals surface area (Å²) in [6.45, 7) is 6.56. The molecule has 1 aromatic carbocycles. The lowest BCUT2D eigenvalue weighted by Gasteiger charge is -2.38. The molecule has 2 heterocycles. The molecule has 18 heavy (non-hydrogen) atoms. The van der Waals surface area contributed by atoms with Gasteiger partial charge in [0.25, 0.3) is 0 Å². The Morgan fingerprint density at radius 3 is 2.61 bits per heavy atom. The SMILES string of the molecule is CC1CN(c2cncc3ccccc23)CC(C)N1. The number of rotatable bonds is 1. The molecular weight excluding hydrogens is 222 g/mol. The molecule has 0 spiro atoms. The topological polar surface area (TPSA) is 28.2 Å². The van der Waals surface area contributed by atoms with Gasteiger partial charge in [0, 0.05) is 42.1 Å². The second kappa shape index (κ2) is 4.58. The molecule has 1 saturated heterocycles. The molecule has 2 unspecified atom stereocenters. The Kier molecular flexibility index (Phi) is 2.92. The Balaban J connectivity index is 2.03. The second-order valence-corrected chi connectivity index (χ2v) is 5.25. The van der Waals surface area contributed by atoms with E-state index in [0.29, 0.717) is 12.1 Å². The number of pyridine rings is 1. The van der Waals surface area contributed by atoms with Crippen molar-refractivity contribution in [1.82, 2.24) is 10.3 Å². The van der Waals surface area contributed by atoms with Crippen molar-refractivity contribution >= 4 is 16.5 Å². The molecule has 94 valence electrons. The highest BCUT2D eigenvalue weighted by Gasteiger charge is 2.22.